The smallest absolute Gasteiger partial charge is 0.417 e. The van der Waals surface area contributed by atoms with Crippen LogP contribution in [0.15, 0.2) is 42.6 Å². The third kappa shape index (κ3) is 5.63. The summed E-state index contributed by atoms with van der Waals surface area (Å²) in [4.78, 5) is 22.9. The van der Waals surface area contributed by atoms with E-state index < -0.39 is 54.3 Å². The molecule has 5 nitrogen and oxygen atoms in total. The SMILES string of the molecule is Cc1nc(C(=O)N2CC(F)(F)C[C@@H](C)C2COc2ccc(C(F)(F)F)cn2)c(-c2ccc(F)cc2)s1. The van der Waals surface area contributed by atoms with Gasteiger partial charge in [-0.3, -0.25) is 4.79 Å². The minimum absolute atomic E-state index is 0.0355. The van der Waals surface area contributed by atoms with Crippen LogP contribution in [0.1, 0.15) is 34.4 Å². The highest BCUT2D eigenvalue weighted by Gasteiger charge is 2.47. The van der Waals surface area contributed by atoms with Crippen LogP contribution in [0.3, 0.4) is 0 Å². The van der Waals surface area contributed by atoms with Crippen molar-refractivity contribution in [3.8, 4) is 16.3 Å². The van der Waals surface area contributed by atoms with E-state index in [1.807, 2.05) is 0 Å². The lowest BCUT2D eigenvalue weighted by Crippen LogP contribution is -2.57. The monoisotopic (exact) mass is 529 g/mol. The molecule has 3 heterocycles. The number of aromatic nitrogens is 2. The summed E-state index contributed by atoms with van der Waals surface area (Å²) in [5.74, 6) is -5.18. The van der Waals surface area contributed by atoms with E-state index in [0.717, 1.165) is 17.0 Å². The molecule has 1 aromatic carbocycles. The number of hydrogen-bond donors (Lipinski definition) is 0. The van der Waals surface area contributed by atoms with E-state index in [1.54, 1.807) is 13.8 Å². The third-order valence-corrected chi connectivity index (χ3v) is 6.87. The molecule has 1 unspecified atom stereocenters. The van der Waals surface area contributed by atoms with Gasteiger partial charge in [0.2, 0.25) is 5.88 Å². The minimum atomic E-state index is -4.56. The number of benzene rings is 1. The quantitative estimate of drug-likeness (QED) is 0.368. The highest BCUT2D eigenvalue weighted by molar-refractivity contribution is 7.15. The Labute approximate surface area is 206 Å². The lowest BCUT2D eigenvalue weighted by atomic mass is 9.88. The Bertz CT molecular complexity index is 1230. The van der Waals surface area contributed by atoms with E-state index >= 15 is 0 Å². The molecule has 3 aromatic rings. The zero-order valence-electron chi connectivity index (χ0n) is 19.2. The first-order valence-electron chi connectivity index (χ1n) is 10.9. The summed E-state index contributed by atoms with van der Waals surface area (Å²) in [6.45, 7) is 2.09. The molecule has 12 heteroatoms. The van der Waals surface area contributed by atoms with Gasteiger partial charge in [-0.05, 0) is 36.6 Å². The number of thiazole rings is 1. The number of rotatable bonds is 5. The molecule has 0 bridgehead atoms. The number of likely N-dealkylation sites (tertiary alicyclic amines) is 1. The second kappa shape index (κ2) is 9.72. The molecule has 0 spiro atoms. The van der Waals surface area contributed by atoms with Crippen LogP contribution in [0.4, 0.5) is 26.3 Å². The van der Waals surface area contributed by atoms with Crippen LogP contribution in [-0.4, -0.2) is 45.9 Å². The number of pyridine rings is 1. The topological polar surface area (TPSA) is 55.3 Å². The molecule has 1 aliphatic heterocycles. The molecule has 0 saturated carbocycles. The van der Waals surface area contributed by atoms with Crippen molar-refractivity contribution in [2.75, 3.05) is 13.2 Å². The van der Waals surface area contributed by atoms with Gasteiger partial charge in [-0.1, -0.05) is 19.1 Å². The standard InChI is InChI=1S/C24H21F6N3O2S/c1-13-9-23(26,27)12-33(18(13)11-35-19-8-5-16(10-31-19)24(28,29)30)22(34)20-21(36-14(2)32-20)15-3-6-17(25)7-4-15/h3-8,10,13,18H,9,11-12H2,1-2H3/t13-,18?/m1/s1. The van der Waals surface area contributed by atoms with Gasteiger partial charge in [-0.25, -0.2) is 23.1 Å². The number of aryl methyl sites for hydroxylation is 1. The average molecular weight is 530 g/mol. The van der Waals surface area contributed by atoms with E-state index in [9.17, 15) is 31.1 Å². The maximum absolute atomic E-state index is 14.5. The number of carbonyl (C=O) groups is 1. The molecule has 192 valence electrons. The van der Waals surface area contributed by atoms with Crippen molar-refractivity contribution in [1.82, 2.24) is 14.9 Å². The van der Waals surface area contributed by atoms with Crippen LogP contribution in [-0.2, 0) is 6.18 Å². The van der Waals surface area contributed by atoms with Crippen molar-refractivity contribution in [3.63, 3.8) is 0 Å². The van der Waals surface area contributed by atoms with Gasteiger partial charge in [0.1, 0.15) is 18.1 Å². The Morgan fingerprint density at radius 3 is 2.50 bits per heavy atom. The fourth-order valence-corrected chi connectivity index (χ4v) is 5.05. The Morgan fingerprint density at radius 2 is 1.89 bits per heavy atom. The second-order valence-electron chi connectivity index (χ2n) is 8.65. The normalized spacial score (nSPS) is 19.8. The summed E-state index contributed by atoms with van der Waals surface area (Å²) < 4.78 is 86.3. The fourth-order valence-electron chi connectivity index (χ4n) is 4.13. The van der Waals surface area contributed by atoms with E-state index in [4.69, 9.17) is 4.74 Å². The maximum Gasteiger partial charge on any atom is 0.417 e. The van der Waals surface area contributed by atoms with Crippen molar-refractivity contribution < 1.29 is 35.9 Å². The van der Waals surface area contributed by atoms with E-state index in [2.05, 4.69) is 9.97 Å². The number of ether oxygens (including phenoxy) is 1. The number of carbonyl (C=O) groups excluding carboxylic acids is 1. The van der Waals surface area contributed by atoms with Crippen LogP contribution < -0.4 is 4.74 Å². The summed E-state index contributed by atoms with van der Waals surface area (Å²) >= 11 is 1.18. The molecule has 1 fully saturated rings. The van der Waals surface area contributed by atoms with Gasteiger partial charge in [0, 0.05) is 18.7 Å². The number of piperidine rings is 1. The minimum Gasteiger partial charge on any atom is -0.475 e. The molecule has 2 aromatic heterocycles. The molecule has 0 aliphatic carbocycles. The zero-order valence-corrected chi connectivity index (χ0v) is 20.0. The van der Waals surface area contributed by atoms with Gasteiger partial charge in [-0.15, -0.1) is 11.3 Å². The predicted octanol–water partition coefficient (Wildman–Crippen LogP) is 6.24. The molecular formula is C24H21F6N3O2S. The summed E-state index contributed by atoms with van der Waals surface area (Å²) in [6.07, 6.45) is -4.44. The van der Waals surface area contributed by atoms with Crippen molar-refractivity contribution in [1.29, 1.82) is 0 Å². The lowest BCUT2D eigenvalue weighted by Gasteiger charge is -2.42. The molecule has 1 amide bonds. The highest BCUT2D eigenvalue weighted by Crippen LogP contribution is 2.38. The van der Waals surface area contributed by atoms with Crippen LogP contribution >= 0.6 is 11.3 Å². The average Bonchev–Trinajstić information content (AvgIpc) is 3.19. The first-order chi connectivity index (χ1) is 16.8. The Hall–Kier alpha value is -3.15. The molecule has 1 aliphatic rings. The van der Waals surface area contributed by atoms with Crippen LogP contribution in [0.2, 0.25) is 0 Å². The Morgan fingerprint density at radius 1 is 1.19 bits per heavy atom. The predicted molar refractivity (Wildman–Crippen MR) is 121 cm³/mol. The Kier molecular flexibility index (Phi) is 7.00. The van der Waals surface area contributed by atoms with Crippen LogP contribution in [0.5, 0.6) is 5.88 Å². The largest absolute Gasteiger partial charge is 0.475 e. The lowest BCUT2D eigenvalue weighted by molar-refractivity contribution is -0.137. The number of hydrogen-bond acceptors (Lipinski definition) is 5. The van der Waals surface area contributed by atoms with E-state index in [0.29, 0.717) is 21.6 Å². The van der Waals surface area contributed by atoms with Gasteiger partial charge in [-0.2, -0.15) is 13.2 Å². The Balaban J connectivity index is 1.60. The number of halogens is 6. The van der Waals surface area contributed by atoms with Gasteiger partial charge in [0.15, 0.2) is 0 Å². The zero-order chi connectivity index (χ0) is 26.3. The maximum atomic E-state index is 14.5. The summed E-state index contributed by atoms with van der Waals surface area (Å²) in [5.41, 5.74) is -0.472. The first kappa shape index (κ1) is 25.9. The van der Waals surface area contributed by atoms with Gasteiger partial charge in [0.05, 0.1) is 28.0 Å². The van der Waals surface area contributed by atoms with Gasteiger partial charge < -0.3 is 9.64 Å². The van der Waals surface area contributed by atoms with E-state index in [-0.39, 0.29) is 18.2 Å². The summed E-state index contributed by atoms with van der Waals surface area (Å²) in [6, 6.07) is 6.42. The number of alkyl halides is 5. The van der Waals surface area contributed by atoms with Gasteiger partial charge >= 0.3 is 6.18 Å². The molecular weight excluding hydrogens is 508 g/mol. The number of nitrogens with zero attached hydrogens (tertiary/aromatic N) is 3. The number of amides is 1. The highest BCUT2D eigenvalue weighted by atomic mass is 32.1. The molecule has 2 atom stereocenters. The second-order valence-corrected chi connectivity index (χ2v) is 9.85. The fraction of sp³-hybridized carbons (Fsp3) is 0.375. The molecule has 0 radical (unpaired) electrons. The molecule has 0 N–H and O–H groups in total. The molecule has 4 rings (SSSR count). The summed E-state index contributed by atoms with van der Waals surface area (Å²) in [5, 5.41) is 0.524. The molecule has 36 heavy (non-hydrogen) atoms. The molecule has 1 saturated heterocycles. The van der Waals surface area contributed by atoms with Gasteiger partial charge in [0.25, 0.3) is 11.8 Å². The van der Waals surface area contributed by atoms with Crippen molar-refractivity contribution in [2.45, 2.75) is 38.4 Å². The van der Waals surface area contributed by atoms with Crippen LogP contribution in [0, 0.1) is 18.7 Å². The van der Waals surface area contributed by atoms with Crippen molar-refractivity contribution in [2.24, 2.45) is 5.92 Å². The summed E-state index contributed by atoms with van der Waals surface area (Å²) in [7, 11) is 0. The van der Waals surface area contributed by atoms with Crippen molar-refractivity contribution >= 4 is 17.2 Å². The first-order valence-corrected chi connectivity index (χ1v) is 11.7. The third-order valence-electron chi connectivity index (χ3n) is 5.85. The van der Waals surface area contributed by atoms with Crippen molar-refractivity contribution in [3.05, 3.63) is 64.7 Å². The van der Waals surface area contributed by atoms with Crippen LogP contribution in [0.25, 0.3) is 10.4 Å². The van der Waals surface area contributed by atoms with E-state index in [1.165, 1.54) is 35.6 Å².